The molecule has 0 aromatic carbocycles. The third kappa shape index (κ3) is 2.28. The summed E-state index contributed by atoms with van der Waals surface area (Å²) in [5, 5.41) is 18.1. The molecule has 88 valence electrons. The summed E-state index contributed by atoms with van der Waals surface area (Å²) in [6, 6.07) is -1.17. The first-order valence-corrected chi connectivity index (χ1v) is 5.76. The van der Waals surface area contributed by atoms with Crippen LogP contribution in [0.3, 0.4) is 0 Å². The summed E-state index contributed by atoms with van der Waals surface area (Å²) < 4.78 is 25.1. The minimum Gasteiger partial charge on any atom is -0.480 e. The van der Waals surface area contributed by atoms with Gasteiger partial charge in [0.25, 0.3) is 10.2 Å². The van der Waals surface area contributed by atoms with Gasteiger partial charge < -0.3 is 10.2 Å². The van der Waals surface area contributed by atoms with E-state index in [-0.39, 0.29) is 13.0 Å². The minimum absolute atomic E-state index is 0.0671. The molecule has 0 aliphatic carbocycles. The molecule has 1 fully saturated rings. The molecule has 1 rings (SSSR count). The largest absolute Gasteiger partial charge is 0.480 e. The van der Waals surface area contributed by atoms with Crippen molar-refractivity contribution in [1.29, 1.82) is 0 Å². The van der Waals surface area contributed by atoms with E-state index in [9.17, 15) is 18.3 Å². The van der Waals surface area contributed by atoms with Crippen molar-refractivity contribution in [3.05, 3.63) is 0 Å². The van der Waals surface area contributed by atoms with Crippen molar-refractivity contribution in [2.75, 3.05) is 20.6 Å². The zero-order chi connectivity index (χ0) is 11.8. The van der Waals surface area contributed by atoms with Crippen molar-refractivity contribution in [1.82, 2.24) is 8.61 Å². The van der Waals surface area contributed by atoms with Crippen LogP contribution in [-0.2, 0) is 15.0 Å². The summed E-state index contributed by atoms with van der Waals surface area (Å²) >= 11 is 0. The van der Waals surface area contributed by atoms with Crippen LogP contribution in [-0.4, -0.2) is 66.0 Å². The first-order chi connectivity index (χ1) is 6.76. The van der Waals surface area contributed by atoms with Gasteiger partial charge in [-0.1, -0.05) is 0 Å². The summed E-state index contributed by atoms with van der Waals surface area (Å²) in [4.78, 5) is 10.8. The molecule has 0 amide bonds. The number of rotatable bonds is 3. The molecule has 0 aromatic rings. The van der Waals surface area contributed by atoms with Crippen LogP contribution in [0.4, 0.5) is 0 Å². The van der Waals surface area contributed by atoms with Crippen molar-refractivity contribution in [3.8, 4) is 0 Å². The van der Waals surface area contributed by atoms with Crippen LogP contribution >= 0.6 is 0 Å². The lowest BCUT2D eigenvalue weighted by atomic mass is 10.2. The van der Waals surface area contributed by atoms with E-state index in [1.807, 2.05) is 0 Å². The van der Waals surface area contributed by atoms with Crippen LogP contribution in [0.25, 0.3) is 0 Å². The van der Waals surface area contributed by atoms with Crippen LogP contribution in [0.5, 0.6) is 0 Å². The predicted octanol–water partition coefficient (Wildman–Crippen LogP) is -1.69. The summed E-state index contributed by atoms with van der Waals surface area (Å²) in [6.45, 7) is -0.169. The average Bonchev–Trinajstić information content (AvgIpc) is 2.47. The van der Waals surface area contributed by atoms with E-state index in [1.165, 1.54) is 14.1 Å². The third-order valence-corrected chi connectivity index (χ3v) is 4.20. The van der Waals surface area contributed by atoms with Gasteiger partial charge in [0.1, 0.15) is 6.04 Å². The van der Waals surface area contributed by atoms with E-state index in [1.54, 1.807) is 0 Å². The fourth-order valence-electron chi connectivity index (χ4n) is 1.47. The Balaban J connectivity index is 2.99. The summed E-state index contributed by atoms with van der Waals surface area (Å²) in [5.41, 5.74) is 0. The number of hydrogen-bond acceptors (Lipinski definition) is 4. The fourth-order valence-corrected chi connectivity index (χ4v) is 2.75. The van der Waals surface area contributed by atoms with E-state index < -0.39 is 28.3 Å². The highest BCUT2D eigenvalue weighted by Crippen LogP contribution is 2.22. The predicted molar refractivity (Wildman–Crippen MR) is 51.4 cm³/mol. The van der Waals surface area contributed by atoms with Crippen molar-refractivity contribution >= 4 is 16.2 Å². The molecule has 0 spiro atoms. The Morgan fingerprint density at radius 1 is 1.47 bits per heavy atom. The Morgan fingerprint density at radius 2 is 2.00 bits per heavy atom. The van der Waals surface area contributed by atoms with E-state index in [4.69, 9.17) is 5.11 Å². The quantitative estimate of drug-likeness (QED) is 0.611. The normalized spacial score (nSPS) is 28.5. The van der Waals surface area contributed by atoms with Gasteiger partial charge in [-0.2, -0.15) is 17.0 Å². The standard InChI is InChI=1S/C7H14N2O5S/c1-8(2)15(13,14)9-4-5(10)3-6(9)7(11)12/h5-6,10H,3-4H2,1-2H3,(H,11,12)/t5?,6-/m0/s1. The second kappa shape index (κ2) is 4.05. The van der Waals surface area contributed by atoms with Gasteiger partial charge >= 0.3 is 5.97 Å². The summed E-state index contributed by atoms with van der Waals surface area (Å²) in [6.07, 6.45) is -0.983. The Labute approximate surface area is 88.1 Å². The van der Waals surface area contributed by atoms with Gasteiger partial charge in [0.2, 0.25) is 0 Å². The molecule has 1 saturated heterocycles. The number of hydrogen-bond donors (Lipinski definition) is 2. The van der Waals surface area contributed by atoms with E-state index in [0.717, 1.165) is 8.61 Å². The van der Waals surface area contributed by atoms with E-state index in [2.05, 4.69) is 0 Å². The lowest BCUT2D eigenvalue weighted by Gasteiger charge is -2.24. The lowest BCUT2D eigenvalue weighted by molar-refractivity contribution is -0.140. The Hall–Kier alpha value is -0.700. The molecule has 1 heterocycles. The van der Waals surface area contributed by atoms with Gasteiger partial charge in [0, 0.05) is 27.1 Å². The molecule has 0 radical (unpaired) electrons. The number of β-amino-alcohol motifs (C(OH)–C–C–N with tert-alkyl or cyclic N) is 1. The third-order valence-electron chi connectivity index (χ3n) is 2.28. The molecule has 1 unspecified atom stereocenters. The highest BCUT2D eigenvalue weighted by atomic mass is 32.2. The van der Waals surface area contributed by atoms with Crippen molar-refractivity contribution in [3.63, 3.8) is 0 Å². The van der Waals surface area contributed by atoms with Crippen LogP contribution in [0.2, 0.25) is 0 Å². The second-order valence-corrected chi connectivity index (χ2v) is 5.70. The maximum absolute atomic E-state index is 11.7. The number of nitrogens with zero attached hydrogens (tertiary/aromatic N) is 2. The van der Waals surface area contributed by atoms with Gasteiger partial charge in [-0.05, 0) is 0 Å². The first-order valence-electron chi connectivity index (χ1n) is 4.37. The molecule has 0 saturated carbocycles. The number of carboxylic acids is 1. The smallest absolute Gasteiger partial charge is 0.322 e. The van der Waals surface area contributed by atoms with Crippen LogP contribution in [0.15, 0.2) is 0 Å². The lowest BCUT2D eigenvalue weighted by Crippen LogP contribution is -2.46. The van der Waals surface area contributed by atoms with Crippen molar-refractivity contribution in [2.45, 2.75) is 18.6 Å². The van der Waals surface area contributed by atoms with Crippen LogP contribution in [0.1, 0.15) is 6.42 Å². The molecule has 8 heteroatoms. The first kappa shape index (κ1) is 12.4. The SMILES string of the molecule is CN(C)S(=O)(=O)N1CC(O)C[C@H]1C(=O)O. The van der Waals surface area contributed by atoms with Gasteiger partial charge in [-0.15, -0.1) is 0 Å². The van der Waals surface area contributed by atoms with E-state index >= 15 is 0 Å². The molecule has 0 aromatic heterocycles. The van der Waals surface area contributed by atoms with Gasteiger partial charge in [-0.25, -0.2) is 0 Å². The molecule has 0 bridgehead atoms. The summed E-state index contributed by atoms with van der Waals surface area (Å²) in [7, 11) is -1.14. The molecular weight excluding hydrogens is 224 g/mol. The fraction of sp³-hybridized carbons (Fsp3) is 0.857. The van der Waals surface area contributed by atoms with Crippen molar-refractivity contribution in [2.24, 2.45) is 0 Å². The minimum atomic E-state index is -3.78. The van der Waals surface area contributed by atoms with Crippen LogP contribution in [0, 0.1) is 0 Å². The average molecular weight is 238 g/mol. The number of aliphatic hydroxyl groups excluding tert-OH is 1. The maximum atomic E-state index is 11.7. The Kier molecular flexibility index (Phi) is 3.34. The molecule has 1 aliphatic heterocycles. The monoisotopic (exact) mass is 238 g/mol. The molecular formula is C7H14N2O5S. The van der Waals surface area contributed by atoms with Gasteiger partial charge in [0.05, 0.1) is 6.10 Å². The van der Waals surface area contributed by atoms with Gasteiger partial charge in [-0.3, -0.25) is 4.79 Å². The Morgan fingerprint density at radius 3 is 2.40 bits per heavy atom. The number of aliphatic hydroxyl groups is 1. The van der Waals surface area contributed by atoms with Crippen LogP contribution < -0.4 is 0 Å². The van der Waals surface area contributed by atoms with Crippen molar-refractivity contribution < 1.29 is 23.4 Å². The topological polar surface area (TPSA) is 98.2 Å². The second-order valence-electron chi connectivity index (χ2n) is 3.60. The molecule has 2 atom stereocenters. The molecule has 7 nitrogen and oxygen atoms in total. The highest BCUT2D eigenvalue weighted by Gasteiger charge is 2.43. The van der Waals surface area contributed by atoms with E-state index in [0.29, 0.717) is 0 Å². The highest BCUT2D eigenvalue weighted by molar-refractivity contribution is 7.86. The zero-order valence-electron chi connectivity index (χ0n) is 8.49. The maximum Gasteiger partial charge on any atom is 0.322 e. The molecule has 15 heavy (non-hydrogen) atoms. The summed E-state index contributed by atoms with van der Waals surface area (Å²) in [5.74, 6) is -1.24. The number of aliphatic carboxylic acids is 1. The Bertz CT molecular complexity index is 352. The molecule has 1 aliphatic rings. The number of carbonyl (C=O) groups is 1. The zero-order valence-corrected chi connectivity index (χ0v) is 9.31. The number of carboxylic acid groups (broad SMARTS) is 1. The van der Waals surface area contributed by atoms with Gasteiger partial charge in [0.15, 0.2) is 0 Å². The molecule has 2 N–H and O–H groups in total.